The van der Waals surface area contributed by atoms with Crippen molar-refractivity contribution in [1.82, 2.24) is 10.3 Å². The maximum absolute atomic E-state index is 11.7. The number of hydrogen-bond acceptors (Lipinski definition) is 7. The van der Waals surface area contributed by atoms with Crippen molar-refractivity contribution in [1.29, 1.82) is 0 Å². The van der Waals surface area contributed by atoms with Gasteiger partial charge in [0, 0.05) is 31.5 Å². The van der Waals surface area contributed by atoms with Crippen LogP contribution < -0.4 is 10.2 Å². The maximum Gasteiger partial charge on any atom is 0.157 e. The minimum Gasteiger partial charge on any atom is -0.506 e. The molecule has 1 aliphatic heterocycles. The zero-order valence-electron chi connectivity index (χ0n) is 14.1. The van der Waals surface area contributed by atoms with Crippen molar-refractivity contribution >= 4 is 28.3 Å². The van der Waals surface area contributed by atoms with E-state index in [9.17, 15) is 9.90 Å². The van der Waals surface area contributed by atoms with Crippen LogP contribution in [0.25, 0.3) is 0 Å². The molecular formula is C16H24N4O2S. The molecule has 1 aromatic heterocycles. The Morgan fingerprint density at radius 1 is 1.57 bits per heavy atom. The van der Waals surface area contributed by atoms with E-state index >= 15 is 0 Å². The van der Waals surface area contributed by atoms with Crippen LogP contribution in [0.15, 0.2) is 17.3 Å². The Kier molecular flexibility index (Phi) is 5.64. The molecule has 126 valence electrons. The van der Waals surface area contributed by atoms with Crippen LogP contribution in [0.1, 0.15) is 26.5 Å². The van der Waals surface area contributed by atoms with Gasteiger partial charge in [0.25, 0.3) is 0 Å². The molecule has 0 fully saturated rings. The van der Waals surface area contributed by atoms with Crippen LogP contribution in [-0.4, -0.2) is 58.9 Å². The summed E-state index contributed by atoms with van der Waals surface area (Å²) in [7, 11) is 1.91. The number of carbonyl (C=O) groups excluding carboxylic acids is 1. The summed E-state index contributed by atoms with van der Waals surface area (Å²) in [6.07, 6.45) is 1.75. The lowest BCUT2D eigenvalue weighted by molar-refractivity contribution is -0.120. The van der Waals surface area contributed by atoms with E-state index in [2.05, 4.69) is 27.1 Å². The second-order valence-electron chi connectivity index (χ2n) is 5.78. The number of Topliss-reactive ketones (excluding diaryl/α,β-unsaturated/α-hetero) is 1. The molecule has 0 aromatic carbocycles. The molecular weight excluding hydrogens is 312 g/mol. The number of anilines is 1. The van der Waals surface area contributed by atoms with Gasteiger partial charge in [-0.05, 0) is 27.8 Å². The van der Waals surface area contributed by atoms with E-state index in [-0.39, 0.29) is 11.5 Å². The highest BCUT2D eigenvalue weighted by molar-refractivity contribution is 8.14. The zero-order chi connectivity index (χ0) is 17.0. The summed E-state index contributed by atoms with van der Waals surface area (Å²) in [5, 5.41) is 14.1. The van der Waals surface area contributed by atoms with Gasteiger partial charge in [0.15, 0.2) is 5.78 Å². The molecule has 0 amide bonds. The number of hydrogen-bond donors (Lipinski definition) is 2. The van der Waals surface area contributed by atoms with Gasteiger partial charge in [-0.15, -0.1) is 11.8 Å². The quantitative estimate of drug-likeness (QED) is 0.789. The van der Waals surface area contributed by atoms with Crippen molar-refractivity contribution in [3.8, 4) is 5.75 Å². The summed E-state index contributed by atoms with van der Waals surface area (Å²) in [6, 6.07) is 1.72. The molecule has 0 radical (unpaired) electrons. The summed E-state index contributed by atoms with van der Waals surface area (Å²) in [5.41, 5.74) is 0.616. The highest BCUT2D eigenvalue weighted by Gasteiger charge is 2.36. The largest absolute Gasteiger partial charge is 0.506 e. The molecule has 23 heavy (non-hydrogen) atoms. The number of nitrogens with one attached hydrogen (secondary N) is 1. The molecule has 0 saturated carbocycles. The summed E-state index contributed by atoms with van der Waals surface area (Å²) in [6.45, 7) is 7.96. The molecule has 2 heterocycles. The minimum absolute atomic E-state index is 0.0281. The lowest BCUT2D eigenvalue weighted by atomic mass is 10.0. The first-order chi connectivity index (χ1) is 10.9. The number of rotatable bonds is 7. The number of nitrogens with zero attached hydrogens (tertiary/aromatic N) is 3. The monoisotopic (exact) mass is 336 g/mol. The van der Waals surface area contributed by atoms with Crippen molar-refractivity contribution in [2.24, 2.45) is 4.99 Å². The number of aromatic nitrogens is 1. The second kappa shape index (κ2) is 7.31. The Morgan fingerprint density at radius 2 is 2.30 bits per heavy atom. The zero-order valence-corrected chi connectivity index (χ0v) is 14.9. The van der Waals surface area contributed by atoms with Crippen LogP contribution in [0, 0.1) is 0 Å². The fraction of sp³-hybridized carbons (Fsp3) is 0.562. The van der Waals surface area contributed by atoms with Gasteiger partial charge in [0.2, 0.25) is 0 Å². The smallest absolute Gasteiger partial charge is 0.157 e. The van der Waals surface area contributed by atoms with E-state index in [4.69, 9.17) is 0 Å². The van der Waals surface area contributed by atoms with Crippen molar-refractivity contribution in [3.05, 3.63) is 18.0 Å². The van der Waals surface area contributed by atoms with Gasteiger partial charge in [-0.25, -0.2) is 4.98 Å². The van der Waals surface area contributed by atoms with Crippen molar-refractivity contribution < 1.29 is 9.90 Å². The number of ketones is 1. The average molecular weight is 336 g/mol. The Morgan fingerprint density at radius 3 is 2.83 bits per heavy atom. The molecule has 0 aliphatic carbocycles. The van der Waals surface area contributed by atoms with E-state index in [0.717, 1.165) is 25.3 Å². The molecule has 7 heteroatoms. The average Bonchev–Trinajstić information content (AvgIpc) is 2.92. The van der Waals surface area contributed by atoms with Crippen LogP contribution in [0.3, 0.4) is 0 Å². The third-order valence-corrected chi connectivity index (χ3v) is 5.30. The summed E-state index contributed by atoms with van der Waals surface area (Å²) >= 11 is 1.46. The van der Waals surface area contributed by atoms with E-state index < -0.39 is 5.54 Å². The highest BCUT2D eigenvalue weighted by Crippen LogP contribution is 2.34. The van der Waals surface area contributed by atoms with Gasteiger partial charge in [-0.1, -0.05) is 0 Å². The van der Waals surface area contributed by atoms with Crippen molar-refractivity contribution in [2.45, 2.75) is 26.3 Å². The summed E-state index contributed by atoms with van der Waals surface area (Å²) in [4.78, 5) is 22.7. The van der Waals surface area contributed by atoms with Gasteiger partial charge < -0.3 is 15.3 Å². The predicted octanol–water partition coefficient (Wildman–Crippen LogP) is 1.67. The maximum atomic E-state index is 11.7. The molecule has 1 aromatic rings. The van der Waals surface area contributed by atoms with Gasteiger partial charge in [0.05, 0.1) is 11.9 Å². The van der Waals surface area contributed by atoms with E-state index in [1.165, 1.54) is 11.8 Å². The lowest BCUT2D eigenvalue weighted by Crippen LogP contribution is -2.31. The Bertz CT molecular complexity index is 620. The van der Waals surface area contributed by atoms with Crippen LogP contribution in [0.2, 0.25) is 0 Å². The number of aromatic hydroxyl groups is 1. The first kappa shape index (κ1) is 17.7. The highest BCUT2D eigenvalue weighted by atomic mass is 32.2. The summed E-state index contributed by atoms with van der Waals surface area (Å²) in [5.74, 6) is 0.717. The Labute approximate surface area is 141 Å². The van der Waals surface area contributed by atoms with E-state index in [1.807, 2.05) is 14.0 Å². The van der Waals surface area contributed by atoms with Gasteiger partial charge >= 0.3 is 0 Å². The molecule has 0 saturated heterocycles. The number of carbonyl (C=O) groups is 1. The van der Waals surface area contributed by atoms with Crippen LogP contribution in [0.4, 0.5) is 5.69 Å². The third-order valence-electron chi connectivity index (χ3n) is 4.03. The molecule has 2 rings (SSSR count). The summed E-state index contributed by atoms with van der Waals surface area (Å²) < 4.78 is 0. The first-order valence-electron chi connectivity index (χ1n) is 7.74. The molecule has 0 spiro atoms. The fourth-order valence-corrected chi connectivity index (χ4v) is 3.54. The first-order valence-corrected chi connectivity index (χ1v) is 8.72. The molecule has 2 N–H and O–H groups in total. The van der Waals surface area contributed by atoms with Crippen molar-refractivity contribution in [3.63, 3.8) is 0 Å². The SMILES string of the molecule is CCN(CCNC)c1cnc(C2=NC(C)(C(C)=O)CS2)c(O)c1. The normalized spacial score (nSPS) is 20.4. The number of aliphatic imine (C=N–C) groups is 1. The van der Waals surface area contributed by atoms with Gasteiger partial charge in [-0.2, -0.15) is 0 Å². The topological polar surface area (TPSA) is 77.8 Å². The van der Waals surface area contributed by atoms with Crippen LogP contribution in [0.5, 0.6) is 5.75 Å². The van der Waals surface area contributed by atoms with Crippen LogP contribution in [-0.2, 0) is 4.79 Å². The fourth-order valence-electron chi connectivity index (χ4n) is 2.30. The number of pyridine rings is 1. The lowest BCUT2D eigenvalue weighted by Gasteiger charge is -2.23. The van der Waals surface area contributed by atoms with Gasteiger partial charge in [0.1, 0.15) is 22.0 Å². The number of thioether (sulfide) groups is 1. The Hall–Kier alpha value is -1.60. The van der Waals surface area contributed by atoms with E-state index in [0.29, 0.717) is 16.5 Å². The molecule has 0 bridgehead atoms. The van der Waals surface area contributed by atoms with Crippen LogP contribution >= 0.6 is 11.8 Å². The van der Waals surface area contributed by atoms with E-state index in [1.54, 1.807) is 19.2 Å². The van der Waals surface area contributed by atoms with Gasteiger partial charge in [-0.3, -0.25) is 9.79 Å². The van der Waals surface area contributed by atoms with Crippen molar-refractivity contribution in [2.75, 3.05) is 37.3 Å². The molecule has 1 aliphatic rings. The molecule has 1 unspecified atom stereocenters. The number of likely N-dealkylation sites (N-methyl/N-ethyl adjacent to an activating group) is 2. The standard InChI is InChI=1S/C16H24N4O2S/c1-5-20(7-6-17-4)12-8-13(22)14(18-9-12)15-19-16(3,10-23-15)11(2)21/h8-9,17,22H,5-7,10H2,1-4H3. The minimum atomic E-state index is -0.713. The molecule has 1 atom stereocenters. The third kappa shape index (κ3) is 3.84. The predicted molar refractivity (Wildman–Crippen MR) is 95.8 cm³/mol. The molecule has 6 nitrogen and oxygen atoms in total. The second-order valence-corrected chi connectivity index (χ2v) is 6.74. The Balaban J connectivity index is 2.25.